The molecule has 1 aliphatic carbocycles. The minimum atomic E-state index is -0.00175. The first kappa shape index (κ1) is 15.4. The van der Waals surface area contributed by atoms with E-state index in [2.05, 4.69) is 23.3 Å². The monoisotopic (exact) mass is 325 g/mol. The van der Waals surface area contributed by atoms with E-state index in [9.17, 15) is 4.79 Å². The molecule has 0 saturated carbocycles. The molecule has 0 unspecified atom stereocenters. The number of nitrogens with zero attached hydrogens (tertiary/aromatic N) is 3. The van der Waals surface area contributed by atoms with Crippen LogP contribution in [0.5, 0.6) is 0 Å². The van der Waals surface area contributed by atoms with Gasteiger partial charge in [-0.05, 0) is 48.9 Å². The number of fused-ring (bicyclic) bond motifs is 1. The first-order chi connectivity index (χ1) is 11.7. The van der Waals surface area contributed by atoms with Crippen molar-refractivity contribution in [3.63, 3.8) is 0 Å². The Morgan fingerprint density at radius 3 is 2.62 bits per heavy atom. The topological polar surface area (TPSA) is 47.4 Å². The van der Waals surface area contributed by atoms with E-state index in [1.54, 1.807) is 0 Å². The fourth-order valence-electron chi connectivity index (χ4n) is 3.66. The number of hydrogen-bond acceptors (Lipinski definition) is 3. The Morgan fingerprint density at radius 1 is 1.08 bits per heavy atom. The van der Waals surface area contributed by atoms with Crippen LogP contribution in [0, 0.1) is 0 Å². The molecule has 2 aromatic rings. The summed E-state index contributed by atoms with van der Waals surface area (Å²) in [7, 11) is 1.91. The van der Waals surface area contributed by atoms with E-state index in [-0.39, 0.29) is 5.91 Å². The van der Waals surface area contributed by atoms with Crippen molar-refractivity contribution in [3.05, 3.63) is 41.1 Å². The van der Waals surface area contributed by atoms with E-state index in [1.165, 1.54) is 30.4 Å². The molecule has 1 saturated heterocycles. The van der Waals surface area contributed by atoms with Crippen molar-refractivity contribution in [3.8, 4) is 11.3 Å². The number of morpholine rings is 1. The van der Waals surface area contributed by atoms with Crippen molar-refractivity contribution in [1.82, 2.24) is 14.7 Å². The number of aromatic nitrogens is 2. The lowest BCUT2D eigenvalue weighted by atomic mass is 9.90. The Hall–Kier alpha value is -2.14. The highest BCUT2D eigenvalue weighted by atomic mass is 16.5. The Kier molecular flexibility index (Phi) is 4.10. The van der Waals surface area contributed by atoms with Crippen LogP contribution in [0.15, 0.2) is 24.3 Å². The zero-order valence-electron chi connectivity index (χ0n) is 14.1. The molecule has 5 heteroatoms. The number of amides is 1. The molecule has 4 rings (SSSR count). The fourth-order valence-corrected chi connectivity index (χ4v) is 3.66. The quantitative estimate of drug-likeness (QED) is 0.852. The summed E-state index contributed by atoms with van der Waals surface area (Å²) in [5, 5.41) is 4.46. The van der Waals surface area contributed by atoms with Crippen LogP contribution < -0.4 is 0 Å². The summed E-state index contributed by atoms with van der Waals surface area (Å²) in [6.07, 6.45) is 4.89. The SMILES string of the molecule is Cn1nc(C(=O)N2CCOCC2)cc1-c1ccc2c(c1)CCCC2. The molecule has 126 valence electrons. The van der Waals surface area contributed by atoms with E-state index >= 15 is 0 Å². The molecule has 1 aliphatic heterocycles. The number of aryl methyl sites for hydroxylation is 3. The van der Waals surface area contributed by atoms with Gasteiger partial charge in [0.2, 0.25) is 0 Å². The van der Waals surface area contributed by atoms with Crippen molar-refractivity contribution in [1.29, 1.82) is 0 Å². The van der Waals surface area contributed by atoms with Crippen molar-refractivity contribution >= 4 is 5.91 Å². The summed E-state index contributed by atoms with van der Waals surface area (Å²) in [4.78, 5) is 14.4. The highest BCUT2D eigenvalue weighted by Crippen LogP contribution is 2.28. The molecule has 24 heavy (non-hydrogen) atoms. The third kappa shape index (κ3) is 2.84. The minimum Gasteiger partial charge on any atom is -0.378 e. The van der Waals surface area contributed by atoms with Crippen LogP contribution in [-0.2, 0) is 24.6 Å². The third-order valence-corrected chi connectivity index (χ3v) is 5.04. The molecule has 0 radical (unpaired) electrons. The molecule has 5 nitrogen and oxygen atoms in total. The molecule has 0 bridgehead atoms. The van der Waals surface area contributed by atoms with Crippen molar-refractivity contribution < 1.29 is 9.53 Å². The third-order valence-electron chi connectivity index (χ3n) is 5.04. The van der Waals surface area contributed by atoms with Gasteiger partial charge in [-0.1, -0.05) is 12.1 Å². The van der Waals surface area contributed by atoms with E-state index in [0.29, 0.717) is 32.0 Å². The number of benzene rings is 1. The van der Waals surface area contributed by atoms with Gasteiger partial charge in [0.05, 0.1) is 18.9 Å². The fraction of sp³-hybridized carbons (Fsp3) is 0.474. The maximum Gasteiger partial charge on any atom is 0.274 e. The zero-order chi connectivity index (χ0) is 16.5. The maximum atomic E-state index is 12.6. The van der Waals surface area contributed by atoms with Crippen LogP contribution in [0.3, 0.4) is 0 Å². The van der Waals surface area contributed by atoms with Gasteiger partial charge in [0.1, 0.15) is 0 Å². The number of carbonyl (C=O) groups is 1. The van der Waals surface area contributed by atoms with Crippen LogP contribution in [0.25, 0.3) is 11.3 Å². The van der Waals surface area contributed by atoms with Gasteiger partial charge in [0.15, 0.2) is 5.69 Å². The zero-order valence-corrected chi connectivity index (χ0v) is 14.1. The Bertz CT molecular complexity index is 760. The molecule has 0 spiro atoms. The molecule has 1 aromatic carbocycles. The molecule has 1 amide bonds. The van der Waals surface area contributed by atoms with Crippen LogP contribution in [0.4, 0.5) is 0 Å². The Morgan fingerprint density at radius 2 is 1.83 bits per heavy atom. The molecule has 1 fully saturated rings. The lowest BCUT2D eigenvalue weighted by Gasteiger charge is -2.25. The van der Waals surface area contributed by atoms with Gasteiger partial charge in [-0.25, -0.2) is 0 Å². The lowest BCUT2D eigenvalue weighted by molar-refractivity contribution is 0.0298. The van der Waals surface area contributed by atoms with Crippen molar-refractivity contribution in [2.75, 3.05) is 26.3 Å². The predicted molar refractivity (Wildman–Crippen MR) is 92.0 cm³/mol. The molecule has 2 aliphatic rings. The molecule has 0 N–H and O–H groups in total. The highest BCUT2D eigenvalue weighted by Gasteiger charge is 2.22. The van der Waals surface area contributed by atoms with E-state index in [1.807, 2.05) is 22.7 Å². The molecular formula is C19H23N3O2. The van der Waals surface area contributed by atoms with Gasteiger partial charge < -0.3 is 9.64 Å². The second kappa shape index (κ2) is 6.40. The number of hydrogen-bond donors (Lipinski definition) is 0. The van der Waals surface area contributed by atoms with Gasteiger partial charge in [-0.3, -0.25) is 9.48 Å². The first-order valence-corrected chi connectivity index (χ1v) is 8.75. The maximum absolute atomic E-state index is 12.6. The summed E-state index contributed by atoms with van der Waals surface area (Å²) in [5.74, 6) is -0.00175. The van der Waals surface area contributed by atoms with E-state index in [0.717, 1.165) is 17.7 Å². The van der Waals surface area contributed by atoms with Gasteiger partial charge in [0.25, 0.3) is 5.91 Å². The van der Waals surface area contributed by atoms with Crippen molar-refractivity contribution in [2.45, 2.75) is 25.7 Å². The van der Waals surface area contributed by atoms with Gasteiger partial charge in [0, 0.05) is 25.7 Å². The molecule has 2 heterocycles. The number of ether oxygens (including phenoxy) is 1. The van der Waals surface area contributed by atoms with Crippen LogP contribution in [0.1, 0.15) is 34.5 Å². The summed E-state index contributed by atoms with van der Waals surface area (Å²) in [5.41, 5.74) is 5.58. The number of carbonyl (C=O) groups excluding carboxylic acids is 1. The first-order valence-electron chi connectivity index (χ1n) is 8.75. The van der Waals surface area contributed by atoms with E-state index < -0.39 is 0 Å². The van der Waals surface area contributed by atoms with Gasteiger partial charge in [-0.15, -0.1) is 0 Å². The summed E-state index contributed by atoms with van der Waals surface area (Å²) >= 11 is 0. The van der Waals surface area contributed by atoms with Gasteiger partial charge >= 0.3 is 0 Å². The lowest BCUT2D eigenvalue weighted by Crippen LogP contribution is -2.40. The Balaban J connectivity index is 1.62. The predicted octanol–water partition coefficient (Wildman–Crippen LogP) is 2.44. The molecular weight excluding hydrogens is 302 g/mol. The largest absolute Gasteiger partial charge is 0.378 e. The standard InChI is InChI=1S/C19H23N3O2/c1-21-18(16-7-6-14-4-2-3-5-15(14)12-16)13-17(20-21)19(23)22-8-10-24-11-9-22/h6-7,12-13H,2-5,8-11H2,1H3. The van der Waals surface area contributed by atoms with Gasteiger partial charge in [-0.2, -0.15) is 5.10 Å². The van der Waals surface area contributed by atoms with Crippen LogP contribution >= 0.6 is 0 Å². The normalized spacial score (nSPS) is 17.6. The average molecular weight is 325 g/mol. The second-order valence-electron chi connectivity index (χ2n) is 6.63. The second-order valence-corrected chi connectivity index (χ2v) is 6.63. The smallest absolute Gasteiger partial charge is 0.274 e. The summed E-state index contributed by atoms with van der Waals surface area (Å²) < 4.78 is 7.14. The number of rotatable bonds is 2. The van der Waals surface area contributed by atoms with Crippen LogP contribution in [-0.4, -0.2) is 46.9 Å². The summed E-state index contributed by atoms with van der Waals surface area (Å²) in [6.45, 7) is 2.50. The highest BCUT2D eigenvalue weighted by molar-refractivity contribution is 5.93. The van der Waals surface area contributed by atoms with E-state index in [4.69, 9.17) is 4.74 Å². The van der Waals surface area contributed by atoms with Crippen LogP contribution in [0.2, 0.25) is 0 Å². The molecule has 0 atom stereocenters. The molecule has 1 aromatic heterocycles. The van der Waals surface area contributed by atoms with Crippen molar-refractivity contribution in [2.24, 2.45) is 7.05 Å². The Labute approximate surface area is 142 Å². The average Bonchev–Trinajstić information content (AvgIpc) is 3.03. The summed E-state index contributed by atoms with van der Waals surface area (Å²) in [6, 6.07) is 8.58. The minimum absolute atomic E-state index is 0.00175.